The number of nitrogens with zero attached hydrogens (tertiary/aromatic N) is 5. The Morgan fingerprint density at radius 3 is 2.68 bits per heavy atom. The number of fused-ring (bicyclic) bond motifs is 2. The summed E-state index contributed by atoms with van der Waals surface area (Å²) in [7, 11) is 2.19. The van der Waals surface area contributed by atoms with Crippen molar-refractivity contribution >= 4 is 33.7 Å². The van der Waals surface area contributed by atoms with E-state index in [2.05, 4.69) is 88.2 Å². The van der Waals surface area contributed by atoms with Crippen LogP contribution >= 0.6 is 0 Å². The summed E-state index contributed by atoms with van der Waals surface area (Å²) in [6.45, 7) is 14.1. The van der Waals surface area contributed by atoms with Gasteiger partial charge in [-0.2, -0.15) is 5.10 Å². The van der Waals surface area contributed by atoms with Gasteiger partial charge in [-0.1, -0.05) is 36.9 Å². The highest BCUT2D eigenvalue weighted by molar-refractivity contribution is 5.96. The van der Waals surface area contributed by atoms with Gasteiger partial charge in [-0.05, 0) is 101 Å². The van der Waals surface area contributed by atoms with Crippen LogP contribution in [0.15, 0.2) is 66.9 Å². The number of pyridine rings is 1. The van der Waals surface area contributed by atoms with Crippen LogP contribution < -0.4 is 10.2 Å². The molecule has 2 fully saturated rings. The van der Waals surface area contributed by atoms with Gasteiger partial charge in [-0.3, -0.25) is 5.10 Å². The number of allylic oxidation sites excluding steroid dienone is 6. The Labute approximate surface area is 244 Å². The number of hydrogen-bond acceptors (Lipinski definition) is 6. The topological polar surface area (TPSA) is 63.3 Å². The molecule has 2 saturated heterocycles. The molecule has 5 heterocycles. The van der Waals surface area contributed by atoms with E-state index in [4.69, 9.17) is 10.1 Å². The second-order valence-corrected chi connectivity index (χ2v) is 11.6. The fourth-order valence-electron chi connectivity index (χ4n) is 6.32. The van der Waals surface area contributed by atoms with Gasteiger partial charge in [0.2, 0.25) is 0 Å². The zero-order valence-electron chi connectivity index (χ0n) is 24.6. The van der Waals surface area contributed by atoms with E-state index in [1.54, 1.807) is 0 Å². The summed E-state index contributed by atoms with van der Waals surface area (Å²) in [5, 5.41) is 12.8. The average molecular weight is 550 g/mol. The smallest absolute Gasteiger partial charge is 0.134 e. The Balaban J connectivity index is 1.21. The van der Waals surface area contributed by atoms with Crippen LogP contribution in [0, 0.1) is 0 Å². The number of anilines is 2. The maximum absolute atomic E-state index is 4.78. The second-order valence-electron chi connectivity index (χ2n) is 11.6. The molecular weight excluding hydrogens is 506 g/mol. The maximum atomic E-state index is 4.78. The number of likely N-dealkylation sites (tertiary alicyclic amines) is 1. The zero-order valence-corrected chi connectivity index (χ0v) is 24.6. The largest absolute Gasteiger partial charge is 0.354 e. The summed E-state index contributed by atoms with van der Waals surface area (Å²) in [5.41, 5.74) is 9.14. The highest BCUT2D eigenvalue weighted by atomic mass is 15.3. The van der Waals surface area contributed by atoms with Crippen LogP contribution in [-0.4, -0.2) is 77.8 Å². The zero-order chi connectivity index (χ0) is 28.2. The van der Waals surface area contributed by atoms with E-state index < -0.39 is 0 Å². The maximum Gasteiger partial charge on any atom is 0.134 e. The van der Waals surface area contributed by atoms with Crippen LogP contribution in [-0.2, 0) is 6.42 Å². The molecule has 2 aromatic heterocycles. The second kappa shape index (κ2) is 12.5. The minimum absolute atomic E-state index is 0.837. The SMILES string of the molecule is C=C/C(=C\C(=C/C)c1ccc2[nH]nc(C3=CCc4c(ccnc4N4CCN(C)CC4)N3)c2c1)CCCN1CCCC1. The Kier molecular flexibility index (Phi) is 8.35. The van der Waals surface area contributed by atoms with Crippen LogP contribution in [0.3, 0.4) is 0 Å². The number of rotatable bonds is 9. The molecule has 1 aromatic carbocycles. The molecule has 3 aliphatic rings. The van der Waals surface area contributed by atoms with Crippen molar-refractivity contribution < 1.29 is 0 Å². The predicted molar refractivity (Wildman–Crippen MR) is 172 cm³/mol. The fourth-order valence-corrected chi connectivity index (χ4v) is 6.32. The van der Waals surface area contributed by atoms with Crippen molar-refractivity contribution in [1.29, 1.82) is 0 Å². The van der Waals surface area contributed by atoms with Crippen LogP contribution in [0.25, 0.3) is 22.2 Å². The number of H-pyrrole nitrogens is 1. The summed E-state index contributed by atoms with van der Waals surface area (Å²) in [6, 6.07) is 8.69. The van der Waals surface area contributed by atoms with Crippen LogP contribution in [0.5, 0.6) is 0 Å². The van der Waals surface area contributed by atoms with Crippen LogP contribution in [0.4, 0.5) is 11.5 Å². The van der Waals surface area contributed by atoms with Crippen molar-refractivity contribution in [1.82, 2.24) is 25.0 Å². The summed E-state index contributed by atoms with van der Waals surface area (Å²) >= 11 is 0. The summed E-state index contributed by atoms with van der Waals surface area (Å²) in [4.78, 5) is 12.2. The number of nitrogens with one attached hydrogen (secondary N) is 2. The molecule has 0 amide bonds. The van der Waals surface area contributed by atoms with Crippen molar-refractivity contribution in [3.63, 3.8) is 0 Å². The molecule has 0 bridgehead atoms. The Bertz CT molecular complexity index is 1480. The lowest BCUT2D eigenvalue weighted by Gasteiger charge is -2.35. The molecule has 41 heavy (non-hydrogen) atoms. The quantitative estimate of drug-likeness (QED) is 0.314. The molecule has 6 rings (SSSR count). The third-order valence-corrected chi connectivity index (χ3v) is 8.82. The highest BCUT2D eigenvalue weighted by Gasteiger charge is 2.23. The predicted octanol–water partition coefficient (Wildman–Crippen LogP) is 6.11. The highest BCUT2D eigenvalue weighted by Crippen LogP contribution is 2.35. The summed E-state index contributed by atoms with van der Waals surface area (Å²) in [5.74, 6) is 1.11. The van der Waals surface area contributed by atoms with Gasteiger partial charge in [-0.15, -0.1) is 0 Å². The number of benzene rings is 1. The normalized spacial score (nSPS) is 18.9. The van der Waals surface area contributed by atoms with Gasteiger partial charge < -0.3 is 20.0 Å². The first-order valence-corrected chi connectivity index (χ1v) is 15.2. The van der Waals surface area contributed by atoms with Gasteiger partial charge >= 0.3 is 0 Å². The van der Waals surface area contributed by atoms with Crippen molar-refractivity contribution in [2.45, 2.75) is 39.0 Å². The lowest BCUT2D eigenvalue weighted by Crippen LogP contribution is -2.45. The third kappa shape index (κ3) is 6.02. The van der Waals surface area contributed by atoms with Crippen molar-refractivity contribution in [2.24, 2.45) is 0 Å². The Morgan fingerprint density at radius 1 is 1.07 bits per heavy atom. The van der Waals surface area contributed by atoms with Gasteiger partial charge in [0.15, 0.2) is 0 Å². The van der Waals surface area contributed by atoms with Crippen molar-refractivity contribution in [3.05, 3.63) is 83.7 Å². The van der Waals surface area contributed by atoms with Gasteiger partial charge in [-0.25, -0.2) is 4.98 Å². The lowest BCUT2D eigenvalue weighted by molar-refractivity contribution is 0.312. The monoisotopic (exact) mass is 549 g/mol. The molecule has 3 aliphatic heterocycles. The standard InChI is InChI=1S/C34H43N7/c1-4-25(9-8-18-40-16-6-7-17-40)23-26(5-2)27-10-12-31-29(24-27)33(38-37-31)32-13-11-28-30(36-32)14-15-35-34(28)41-21-19-39(3)20-22-41/h4-5,10,12-15,23-24,36H,1,6-9,11,16-22H2,2-3H3,(H,37,38)/b25-23+,26-5+. The van der Waals surface area contributed by atoms with Gasteiger partial charge in [0.25, 0.3) is 0 Å². The number of hydrogen-bond donors (Lipinski definition) is 2. The third-order valence-electron chi connectivity index (χ3n) is 8.82. The molecule has 0 atom stereocenters. The first kappa shape index (κ1) is 27.5. The molecule has 7 heteroatoms. The molecule has 7 nitrogen and oxygen atoms in total. The molecule has 0 spiro atoms. The molecular formula is C34H43N7. The first-order chi connectivity index (χ1) is 20.1. The van der Waals surface area contributed by atoms with E-state index >= 15 is 0 Å². The first-order valence-electron chi connectivity index (χ1n) is 15.2. The van der Waals surface area contributed by atoms with Crippen LogP contribution in [0.2, 0.25) is 0 Å². The average Bonchev–Trinajstić information content (AvgIpc) is 3.69. The van der Waals surface area contributed by atoms with Gasteiger partial charge in [0.05, 0.1) is 11.2 Å². The summed E-state index contributed by atoms with van der Waals surface area (Å²) in [6.07, 6.45) is 16.5. The number of piperazine rings is 1. The Morgan fingerprint density at radius 2 is 1.90 bits per heavy atom. The number of aromatic amines is 1. The van der Waals surface area contributed by atoms with Crippen molar-refractivity contribution in [3.8, 4) is 0 Å². The van der Waals surface area contributed by atoms with Crippen LogP contribution in [0.1, 0.15) is 49.4 Å². The molecule has 0 radical (unpaired) electrons. The van der Waals surface area contributed by atoms with E-state index in [9.17, 15) is 0 Å². The minimum Gasteiger partial charge on any atom is -0.354 e. The minimum atomic E-state index is 0.837. The van der Waals surface area contributed by atoms with E-state index in [0.29, 0.717) is 0 Å². The van der Waals surface area contributed by atoms with E-state index in [1.165, 1.54) is 61.2 Å². The van der Waals surface area contributed by atoms with Gasteiger partial charge in [0, 0.05) is 49.0 Å². The molecule has 0 saturated carbocycles. The molecule has 0 aliphatic carbocycles. The molecule has 2 N–H and O–H groups in total. The Hall–Kier alpha value is -3.68. The number of likely N-dealkylation sites (N-methyl/N-ethyl adjacent to an activating group) is 1. The fraction of sp³-hybridized carbons (Fsp3) is 0.412. The molecule has 214 valence electrons. The van der Waals surface area contributed by atoms with E-state index in [1.807, 2.05) is 12.3 Å². The molecule has 3 aromatic rings. The lowest BCUT2D eigenvalue weighted by atomic mass is 9.97. The van der Waals surface area contributed by atoms with Crippen molar-refractivity contribution in [2.75, 3.05) is 63.1 Å². The van der Waals surface area contributed by atoms with Gasteiger partial charge in [0.1, 0.15) is 11.5 Å². The molecule has 0 unspecified atom stereocenters. The van der Waals surface area contributed by atoms with E-state index in [0.717, 1.165) is 72.8 Å². The van der Waals surface area contributed by atoms with E-state index in [-0.39, 0.29) is 0 Å². The summed E-state index contributed by atoms with van der Waals surface area (Å²) < 4.78 is 0. The number of aromatic nitrogens is 3.